The van der Waals surface area contributed by atoms with E-state index in [2.05, 4.69) is 15.3 Å². The Kier molecular flexibility index (Phi) is 4.54. The second-order valence-electron chi connectivity index (χ2n) is 5.93. The number of hydrogen-bond acceptors (Lipinski definition) is 7. The van der Waals surface area contributed by atoms with Crippen molar-refractivity contribution in [1.82, 2.24) is 14.3 Å². The average molecular weight is 356 g/mol. The Labute approximate surface area is 139 Å². The smallest absolute Gasteiger partial charge is 0.214 e. The molecule has 1 aliphatic rings. The molecule has 0 aliphatic carbocycles. The minimum absolute atomic E-state index is 0.0648. The summed E-state index contributed by atoms with van der Waals surface area (Å²) < 4.78 is 32.0. The van der Waals surface area contributed by atoms with E-state index in [1.165, 1.54) is 10.6 Å². The first-order chi connectivity index (χ1) is 10.9. The number of sulfonamides is 1. The maximum absolute atomic E-state index is 12.1. The predicted molar refractivity (Wildman–Crippen MR) is 91.3 cm³/mol. The first-order valence-corrected chi connectivity index (χ1v) is 9.80. The Morgan fingerprint density at radius 2 is 2.17 bits per heavy atom. The van der Waals surface area contributed by atoms with Crippen LogP contribution in [0, 0.1) is 12.8 Å². The number of nitrogens with zero attached hydrogens (tertiary/aromatic N) is 3. The van der Waals surface area contributed by atoms with Gasteiger partial charge in [0, 0.05) is 20.0 Å². The van der Waals surface area contributed by atoms with Crippen molar-refractivity contribution >= 4 is 37.4 Å². The molecule has 1 saturated heterocycles. The van der Waals surface area contributed by atoms with Gasteiger partial charge in [-0.1, -0.05) is 0 Å². The highest BCUT2D eigenvalue weighted by Gasteiger charge is 2.33. The normalized spacial score (nSPS) is 22.1. The standard InChI is InChI=1S/C14H20N4O3S2/c1-9-6-22-13-12(9)15-8-16-14(13)17-11-5-21-4-10(11)7-23(19,20)18(2)3/h6,8,10-11H,4-5,7H2,1-3H3,(H,15,16,17)/t10-,11+/m0/s1. The van der Waals surface area contributed by atoms with Crippen molar-refractivity contribution < 1.29 is 13.2 Å². The highest BCUT2D eigenvalue weighted by Crippen LogP contribution is 2.30. The van der Waals surface area contributed by atoms with Gasteiger partial charge in [-0.2, -0.15) is 0 Å². The van der Waals surface area contributed by atoms with Gasteiger partial charge in [0.05, 0.1) is 35.2 Å². The summed E-state index contributed by atoms with van der Waals surface area (Å²) in [7, 11) is -0.159. The van der Waals surface area contributed by atoms with E-state index in [0.717, 1.165) is 21.6 Å². The Balaban J connectivity index is 1.81. The van der Waals surface area contributed by atoms with E-state index in [-0.39, 0.29) is 17.7 Å². The average Bonchev–Trinajstić information content (AvgIpc) is 3.07. The number of ether oxygens (including phenoxy) is 1. The Hall–Kier alpha value is -1.29. The summed E-state index contributed by atoms with van der Waals surface area (Å²) in [6.07, 6.45) is 1.53. The predicted octanol–water partition coefficient (Wildman–Crippen LogP) is 1.32. The van der Waals surface area contributed by atoms with Crippen LogP contribution in [-0.2, 0) is 14.8 Å². The molecule has 1 aliphatic heterocycles. The molecule has 7 nitrogen and oxygen atoms in total. The van der Waals surface area contributed by atoms with E-state index in [9.17, 15) is 8.42 Å². The number of thiophene rings is 1. The number of hydrogen-bond donors (Lipinski definition) is 1. The third kappa shape index (κ3) is 3.32. The molecule has 0 aromatic carbocycles. The van der Waals surface area contributed by atoms with Crippen molar-refractivity contribution in [3.8, 4) is 0 Å². The van der Waals surface area contributed by atoms with E-state index < -0.39 is 10.0 Å². The fourth-order valence-corrected chi connectivity index (χ4v) is 4.71. The fourth-order valence-electron chi connectivity index (χ4n) is 2.59. The lowest BCUT2D eigenvalue weighted by Crippen LogP contribution is -2.37. The number of aryl methyl sites for hydroxylation is 1. The summed E-state index contributed by atoms with van der Waals surface area (Å²) in [4.78, 5) is 8.63. The minimum Gasteiger partial charge on any atom is -0.379 e. The van der Waals surface area contributed by atoms with Crippen LogP contribution in [0.2, 0.25) is 0 Å². The summed E-state index contributed by atoms with van der Waals surface area (Å²) >= 11 is 1.59. The van der Waals surface area contributed by atoms with Crippen LogP contribution < -0.4 is 5.32 Å². The van der Waals surface area contributed by atoms with Gasteiger partial charge in [-0.25, -0.2) is 22.7 Å². The van der Waals surface area contributed by atoms with Crippen molar-refractivity contribution in [2.24, 2.45) is 5.92 Å². The van der Waals surface area contributed by atoms with Gasteiger partial charge in [-0.3, -0.25) is 0 Å². The van der Waals surface area contributed by atoms with Crippen molar-refractivity contribution in [1.29, 1.82) is 0 Å². The molecule has 23 heavy (non-hydrogen) atoms. The second-order valence-corrected chi connectivity index (χ2v) is 9.04. The number of nitrogens with one attached hydrogen (secondary N) is 1. The van der Waals surface area contributed by atoms with Crippen LogP contribution >= 0.6 is 11.3 Å². The van der Waals surface area contributed by atoms with Crippen molar-refractivity contribution in [3.63, 3.8) is 0 Å². The molecule has 1 fully saturated rings. The van der Waals surface area contributed by atoms with Crippen molar-refractivity contribution in [2.45, 2.75) is 13.0 Å². The zero-order chi connectivity index (χ0) is 16.6. The molecule has 2 aromatic heterocycles. The van der Waals surface area contributed by atoms with E-state index >= 15 is 0 Å². The molecule has 0 amide bonds. The molecule has 0 saturated carbocycles. The van der Waals surface area contributed by atoms with Gasteiger partial charge in [-0.05, 0) is 17.9 Å². The van der Waals surface area contributed by atoms with Gasteiger partial charge >= 0.3 is 0 Å². The lowest BCUT2D eigenvalue weighted by molar-refractivity contribution is 0.187. The minimum atomic E-state index is -3.26. The molecule has 2 atom stereocenters. The SMILES string of the molecule is Cc1csc2c(N[C@@H]3COC[C@H]3CS(=O)(=O)N(C)C)ncnc12. The third-order valence-electron chi connectivity index (χ3n) is 4.03. The fraction of sp³-hybridized carbons (Fsp3) is 0.571. The van der Waals surface area contributed by atoms with E-state index in [1.54, 1.807) is 25.4 Å². The van der Waals surface area contributed by atoms with Gasteiger partial charge in [0.25, 0.3) is 0 Å². The molecule has 0 bridgehead atoms. The van der Waals surface area contributed by atoms with Gasteiger partial charge in [0.1, 0.15) is 12.1 Å². The van der Waals surface area contributed by atoms with Gasteiger partial charge in [0.2, 0.25) is 10.0 Å². The van der Waals surface area contributed by atoms with Crippen LogP contribution in [0.25, 0.3) is 10.2 Å². The van der Waals surface area contributed by atoms with Crippen LogP contribution in [0.15, 0.2) is 11.7 Å². The van der Waals surface area contributed by atoms with Crippen LogP contribution in [0.3, 0.4) is 0 Å². The topological polar surface area (TPSA) is 84.4 Å². The highest BCUT2D eigenvalue weighted by atomic mass is 32.2. The first-order valence-electron chi connectivity index (χ1n) is 7.32. The van der Waals surface area contributed by atoms with Crippen LogP contribution in [0.1, 0.15) is 5.56 Å². The Morgan fingerprint density at radius 1 is 1.39 bits per heavy atom. The number of rotatable bonds is 5. The van der Waals surface area contributed by atoms with Crippen LogP contribution in [0.5, 0.6) is 0 Å². The zero-order valence-corrected chi connectivity index (χ0v) is 14.9. The van der Waals surface area contributed by atoms with Gasteiger partial charge in [0.15, 0.2) is 0 Å². The number of anilines is 1. The van der Waals surface area contributed by atoms with E-state index in [4.69, 9.17) is 4.74 Å². The molecule has 1 N–H and O–H groups in total. The largest absolute Gasteiger partial charge is 0.379 e. The van der Waals surface area contributed by atoms with E-state index in [0.29, 0.717) is 13.2 Å². The molecule has 3 heterocycles. The maximum atomic E-state index is 12.1. The van der Waals surface area contributed by atoms with Crippen LogP contribution in [0.4, 0.5) is 5.82 Å². The molecule has 0 radical (unpaired) electrons. The summed E-state index contributed by atoms with van der Waals surface area (Å²) in [5.74, 6) is 0.708. The molecule has 2 aromatic rings. The van der Waals surface area contributed by atoms with Crippen molar-refractivity contribution in [3.05, 3.63) is 17.3 Å². The zero-order valence-electron chi connectivity index (χ0n) is 13.3. The lowest BCUT2D eigenvalue weighted by atomic mass is 10.1. The first kappa shape index (κ1) is 16.6. The monoisotopic (exact) mass is 356 g/mol. The molecule has 9 heteroatoms. The van der Waals surface area contributed by atoms with Gasteiger partial charge < -0.3 is 10.1 Å². The number of aromatic nitrogens is 2. The highest BCUT2D eigenvalue weighted by molar-refractivity contribution is 7.89. The van der Waals surface area contributed by atoms with Crippen molar-refractivity contribution in [2.75, 3.05) is 38.4 Å². The summed E-state index contributed by atoms with van der Waals surface area (Å²) in [6, 6.07) is -0.0785. The molecule has 0 spiro atoms. The second kappa shape index (κ2) is 6.31. The summed E-state index contributed by atoms with van der Waals surface area (Å²) in [5.41, 5.74) is 2.05. The molecular weight excluding hydrogens is 336 g/mol. The van der Waals surface area contributed by atoms with E-state index in [1.807, 2.05) is 12.3 Å². The van der Waals surface area contributed by atoms with Crippen LogP contribution in [-0.4, -0.2) is 61.8 Å². The summed E-state index contributed by atoms with van der Waals surface area (Å²) in [6.45, 7) is 2.92. The maximum Gasteiger partial charge on any atom is 0.214 e. The Bertz CT molecular complexity index is 803. The Morgan fingerprint density at radius 3 is 2.91 bits per heavy atom. The van der Waals surface area contributed by atoms with Gasteiger partial charge in [-0.15, -0.1) is 11.3 Å². The number of fused-ring (bicyclic) bond motifs is 1. The summed E-state index contributed by atoms with van der Waals surface area (Å²) in [5, 5.41) is 5.41. The quantitative estimate of drug-likeness (QED) is 0.870. The molecular formula is C14H20N4O3S2. The third-order valence-corrected chi connectivity index (χ3v) is 7.09. The molecule has 126 valence electrons. The molecule has 0 unspecified atom stereocenters. The lowest BCUT2D eigenvalue weighted by Gasteiger charge is -2.21. The molecule has 3 rings (SSSR count).